The number of ether oxygens (including phenoxy) is 1. The quantitative estimate of drug-likeness (QED) is 0.525. The largest absolute Gasteiger partial charge is 0.483 e. The van der Waals surface area contributed by atoms with Crippen molar-refractivity contribution in [2.24, 2.45) is 5.92 Å². The van der Waals surface area contributed by atoms with E-state index in [1.165, 1.54) is 6.07 Å². The van der Waals surface area contributed by atoms with Crippen molar-refractivity contribution in [3.8, 4) is 0 Å². The Bertz CT molecular complexity index is 675. The van der Waals surface area contributed by atoms with E-state index in [0.717, 1.165) is 39.1 Å². The van der Waals surface area contributed by atoms with Crippen LogP contribution < -0.4 is 10.6 Å². The van der Waals surface area contributed by atoms with Gasteiger partial charge >= 0.3 is 0 Å². The van der Waals surface area contributed by atoms with E-state index in [9.17, 15) is 9.59 Å². The molecule has 2 rings (SSSR count). The minimum Gasteiger partial charge on any atom is -0.483 e. The van der Waals surface area contributed by atoms with Crippen LogP contribution in [-0.4, -0.2) is 74.7 Å². The van der Waals surface area contributed by atoms with Gasteiger partial charge in [-0.15, -0.1) is 0 Å². The molecule has 0 bridgehead atoms. The molecule has 0 aromatic heterocycles. The van der Waals surface area contributed by atoms with Crippen molar-refractivity contribution in [3.05, 3.63) is 33.8 Å². The molecule has 1 saturated heterocycles. The molecule has 1 atom stereocenters. The van der Waals surface area contributed by atoms with Crippen molar-refractivity contribution in [1.29, 1.82) is 0 Å². The third kappa shape index (κ3) is 9.94. The standard InChI is InChI=1S/C18H25Cl2N3O3.CH2O2/c1-26-8-7-23-6-2-3-13(12-23)10-21-17(24)11-22-18(25)15-9-14(19)4-5-16(15)20;2-1-3/h4-5,9,13H,2-3,6-8,10-12H2,1H3,(H,21,24)(H,22,25);1H,(H,2,3). The molecule has 0 saturated carbocycles. The summed E-state index contributed by atoms with van der Waals surface area (Å²) in [4.78, 5) is 34.8. The number of likely N-dealkylation sites (tertiary alicyclic amines) is 1. The van der Waals surface area contributed by atoms with Gasteiger partial charge in [-0.25, -0.2) is 0 Å². The van der Waals surface area contributed by atoms with E-state index in [-0.39, 0.29) is 24.5 Å². The molecule has 8 nitrogen and oxygen atoms in total. The first kappa shape index (κ1) is 25.2. The molecular weight excluding hydrogens is 421 g/mol. The Kier molecular flexibility index (Phi) is 12.3. The molecule has 0 aliphatic carbocycles. The lowest BCUT2D eigenvalue weighted by Crippen LogP contribution is -2.44. The predicted octanol–water partition coefficient (Wildman–Crippen LogP) is 1.90. The SMILES string of the molecule is COCCN1CCCC(CNC(=O)CNC(=O)c2cc(Cl)ccc2Cl)C1.O=CO. The summed E-state index contributed by atoms with van der Waals surface area (Å²) in [6.07, 6.45) is 2.21. The van der Waals surface area contributed by atoms with Gasteiger partial charge in [0.25, 0.3) is 12.4 Å². The van der Waals surface area contributed by atoms with Gasteiger partial charge in [-0.2, -0.15) is 0 Å². The van der Waals surface area contributed by atoms with Gasteiger partial charge in [-0.3, -0.25) is 14.4 Å². The number of halogens is 2. The highest BCUT2D eigenvalue weighted by Crippen LogP contribution is 2.20. The summed E-state index contributed by atoms with van der Waals surface area (Å²) in [6, 6.07) is 4.64. The van der Waals surface area contributed by atoms with E-state index in [1.807, 2.05) is 0 Å². The highest BCUT2D eigenvalue weighted by molar-refractivity contribution is 6.35. The first-order valence-corrected chi connectivity index (χ1v) is 9.96. The number of nitrogens with zero attached hydrogens (tertiary/aromatic N) is 1. The molecule has 0 radical (unpaired) electrons. The fourth-order valence-electron chi connectivity index (χ4n) is 2.99. The molecule has 0 spiro atoms. The molecule has 2 amide bonds. The Morgan fingerprint density at radius 2 is 2.07 bits per heavy atom. The van der Waals surface area contributed by atoms with Gasteiger partial charge in [0.15, 0.2) is 0 Å². The van der Waals surface area contributed by atoms with Gasteiger partial charge in [0.1, 0.15) is 0 Å². The smallest absolute Gasteiger partial charge is 0.290 e. The molecule has 1 aliphatic rings. The van der Waals surface area contributed by atoms with Crippen molar-refractivity contribution < 1.29 is 24.2 Å². The fraction of sp³-hybridized carbons (Fsp3) is 0.526. The molecule has 29 heavy (non-hydrogen) atoms. The maximum absolute atomic E-state index is 12.1. The number of carboxylic acid groups (broad SMARTS) is 1. The topological polar surface area (TPSA) is 108 Å². The Labute approximate surface area is 180 Å². The Morgan fingerprint density at radius 1 is 1.34 bits per heavy atom. The zero-order chi connectivity index (χ0) is 21.6. The maximum Gasteiger partial charge on any atom is 0.290 e. The van der Waals surface area contributed by atoms with Gasteiger partial charge in [-0.05, 0) is 43.5 Å². The van der Waals surface area contributed by atoms with Gasteiger partial charge in [0.2, 0.25) is 5.91 Å². The zero-order valence-electron chi connectivity index (χ0n) is 16.3. The van der Waals surface area contributed by atoms with Gasteiger partial charge in [-0.1, -0.05) is 23.2 Å². The molecule has 1 aromatic rings. The monoisotopic (exact) mass is 447 g/mol. The number of rotatable bonds is 8. The second kappa shape index (κ2) is 14.2. The minimum absolute atomic E-state index is 0.0955. The zero-order valence-corrected chi connectivity index (χ0v) is 17.8. The molecule has 1 aliphatic heterocycles. The summed E-state index contributed by atoms with van der Waals surface area (Å²) >= 11 is 11.9. The van der Waals surface area contributed by atoms with Crippen LogP contribution in [0, 0.1) is 5.92 Å². The Balaban J connectivity index is 0.00000132. The number of piperidine rings is 1. The third-order valence-corrected chi connectivity index (χ3v) is 4.95. The summed E-state index contributed by atoms with van der Waals surface area (Å²) in [6.45, 7) is 3.92. The fourth-order valence-corrected chi connectivity index (χ4v) is 3.36. The maximum atomic E-state index is 12.1. The number of amides is 2. The summed E-state index contributed by atoms with van der Waals surface area (Å²) in [5.74, 6) is -0.218. The van der Waals surface area contributed by atoms with Gasteiger partial charge < -0.3 is 25.4 Å². The normalized spacial score (nSPS) is 16.3. The van der Waals surface area contributed by atoms with Crippen LogP contribution in [-0.2, 0) is 14.3 Å². The molecule has 1 heterocycles. The number of nitrogens with one attached hydrogen (secondary N) is 2. The summed E-state index contributed by atoms with van der Waals surface area (Å²) < 4.78 is 5.12. The van der Waals surface area contributed by atoms with Crippen molar-refractivity contribution in [3.63, 3.8) is 0 Å². The van der Waals surface area contributed by atoms with Crippen LogP contribution in [0.3, 0.4) is 0 Å². The number of carbonyl (C=O) groups excluding carboxylic acids is 2. The molecule has 1 unspecified atom stereocenters. The second-order valence-electron chi connectivity index (χ2n) is 6.52. The average molecular weight is 448 g/mol. The van der Waals surface area contributed by atoms with E-state index in [1.54, 1.807) is 19.2 Å². The minimum atomic E-state index is -0.420. The highest BCUT2D eigenvalue weighted by atomic mass is 35.5. The first-order valence-electron chi connectivity index (χ1n) is 9.20. The van der Waals surface area contributed by atoms with Crippen LogP contribution in [0.25, 0.3) is 0 Å². The number of methoxy groups -OCH3 is 1. The molecule has 1 fully saturated rings. The Morgan fingerprint density at radius 3 is 2.76 bits per heavy atom. The summed E-state index contributed by atoms with van der Waals surface area (Å²) in [5, 5.41) is 13.1. The molecule has 162 valence electrons. The van der Waals surface area contributed by atoms with Crippen LogP contribution in [0.4, 0.5) is 0 Å². The van der Waals surface area contributed by atoms with Crippen molar-refractivity contribution in [1.82, 2.24) is 15.5 Å². The Hall–Kier alpha value is -1.87. The van der Waals surface area contributed by atoms with E-state index >= 15 is 0 Å². The summed E-state index contributed by atoms with van der Waals surface area (Å²) in [7, 11) is 1.70. The number of hydrogen-bond donors (Lipinski definition) is 3. The van der Waals surface area contributed by atoms with Crippen LogP contribution in [0.1, 0.15) is 23.2 Å². The van der Waals surface area contributed by atoms with Crippen molar-refractivity contribution in [2.45, 2.75) is 12.8 Å². The lowest BCUT2D eigenvalue weighted by molar-refractivity contribution is -0.123. The highest BCUT2D eigenvalue weighted by Gasteiger charge is 2.20. The van der Waals surface area contributed by atoms with Gasteiger partial charge in [0, 0.05) is 31.8 Å². The third-order valence-electron chi connectivity index (χ3n) is 4.39. The van der Waals surface area contributed by atoms with Crippen molar-refractivity contribution in [2.75, 3.05) is 46.4 Å². The van der Waals surface area contributed by atoms with Crippen LogP contribution in [0.5, 0.6) is 0 Å². The van der Waals surface area contributed by atoms with Gasteiger partial charge in [0.05, 0.1) is 23.7 Å². The lowest BCUT2D eigenvalue weighted by atomic mass is 9.98. The van der Waals surface area contributed by atoms with Crippen LogP contribution in [0.15, 0.2) is 18.2 Å². The van der Waals surface area contributed by atoms with Crippen LogP contribution >= 0.6 is 23.2 Å². The average Bonchev–Trinajstić information content (AvgIpc) is 2.71. The van der Waals surface area contributed by atoms with E-state index in [4.69, 9.17) is 37.8 Å². The molecule has 10 heteroatoms. The molecule has 1 aromatic carbocycles. The molecule has 3 N–H and O–H groups in total. The predicted molar refractivity (Wildman–Crippen MR) is 112 cm³/mol. The number of benzene rings is 1. The second-order valence-corrected chi connectivity index (χ2v) is 7.36. The van der Waals surface area contributed by atoms with E-state index in [0.29, 0.717) is 22.5 Å². The first-order chi connectivity index (χ1) is 13.9. The summed E-state index contributed by atoms with van der Waals surface area (Å²) in [5.41, 5.74) is 0.257. The van der Waals surface area contributed by atoms with E-state index in [2.05, 4.69) is 15.5 Å². The lowest BCUT2D eigenvalue weighted by Gasteiger charge is -2.32. The number of hydrogen-bond acceptors (Lipinski definition) is 5. The van der Waals surface area contributed by atoms with Crippen LogP contribution in [0.2, 0.25) is 10.0 Å². The van der Waals surface area contributed by atoms with Crippen molar-refractivity contribution >= 4 is 41.5 Å². The van der Waals surface area contributed by atoms with E-state index < -0.39 is 5.91 Å². The molecular formula is C19H27Cl2N3O5. The number of carbonyl (C=O) groups is 3.